The van der Waals surface area contributed by atoms with E-state index in [0.29, 0.717) is 16.9 Å². The van der Waals surface area contributed by atoms with Crippen molar-refractivity contribution in [3.63, 3.8) is 0 Å². The minimum atomic E-state index is -1.06. The second-order valence-electron chi connectivity index (χ2n) is 5.65. The van der Waals surface area contributed by atoms with Crippen LogP contribution in [0.5, 0.6) is 0 Å². The van der Waals surface area contributed by atoms with Gasteiger partial charge in [0.2, 0.25) is 0 Å². The Bertz CT molecular complexity index is 532. The predicted molar refractivity (Wildman–Crippen MR) is 80.9 cm³/mol. The number of ether oxygens (including phenoxy) is 1. The summed E-state index contributed by atoms with van der Waals surface area (Å²) in [6, 6.07) is 6.57. The first kappa shape index (κ1) is 16.5. The van der Waals surface area contributed by atoms with Crippen LogP contribution < -0.4 is 0 Å². The molecule has 0 aliphatic carbocycles. The van der Waals surface area contributed by atoms with Crippen molar-refractivity contribution in [2.24, 2.45) is 5.41 Å². The fourth-order valence-corrected chi connectivity index (χ4v) is 2.13. The number of terminal acetylenes is 1. The second kappa shape index (κ2) is 6.71. The van der Waals surface area contributed by atoms with Crippen molar-refractivity contribution in [3.05, 3.63) is 29.8 Å². The molecule has 1 rings (SSSR count). The van der Waals surface area contributed by atoms with Crippen LogP contribution in [0.1, 0.15) is 37.6 Å². The molecule has 0 unspecified atom stereocenters. The van der Waals surface area contributed by atoms with Gasteiger partial charge in [-0.25, -0.2) is 4.79 Å². The van der Waals surface area contributed by atoms with Gasteiger partial charge in [-0.1, -0.05) is 20.8 Å². The lowest BCUT2D eigenvalue weighted by Crippen LogP contribution is -2.31. The van der Waals surface area contributed by atoms with Gasteiger partial charge < -0.3 is 4.74 Å². The molecule has 20 heavy (non-hydrogen) atoms. The zero-order valence-corrected chi connectivity index (χ0v) is 13.1. The molecule has 0 heterocycles. The lowest BCUT2D eigenvalue weighted by Gasteiger charge is -2.28. The van der Waals surface area contributed by atoms with Gasteiger partial charge in [0.25, 0.3) is 0 Å². The highest BCUT2D eigenvalue weighted by Gasteiger charge is 2.28. The summed E-state index contributed by atoms with van der Waals surface area (Å²) < 4.78 is 16.8. The van der Waals surface area contributed by atoms with E-state index in [1.807, 2.05) is 20.8 Å². The summed E-state index contributed by atoms with van der Waals surface area (Å²) in [5, 5.41) is 0. The van der Waals surface area contributed by atoms with Crippen LogP contribution in [0.2, 0.25) is 0 Å². The van der Waals surface area contributed by atoms with E-state index in [9.17, 15) is 9.00 Å². The van der Waals surface area contributed by atoms with E-state index < -0.39 is 16.8 Å². The minimum Gasteiger partial charge on any atom is -0.457 e. The fourth-order valence-electron chi connectivity index (χ4n) is 1.61. The molecule has 0 N–H and O–H groups in total. The first-order chi connectivity index (χ1) is 9.25. The summed E-state index contributed by atoms with van der Waals surface area (Å²) in [6.45, 7) is 5.93. The molecule has 0 fully saturated rings. The topological polar surface area (TPSA) is 43.4 Å². The van der Waals surface area contributed by atoms with E-state index in [1.165, 1.54) is 0 Å². The Labute approximate surface area is 123 Å². The lowest BCUT2D eigenvalue weighted by atomic mass is 9.87. The van der Waals surface area contributed by atoms with E-state index in [1.54, 1.807) is 30.5 Å². The predicted octanol–water partition coefficient (Wildman–Crippen LogP) is 3.02. The molecule has 0 spiro atoms. The smallest absolute Gasteiger partial charge is 0.338 e. The molecular formula is C16H20O3S. The van der Waals surface area contributed by atoms with Gasteiger partial charge in [-0.3, -0.25) is 4.21 Å². The highest BCUT2D eigenvalue weighted by Crippen LogP contribution is 2.25. The first-order valence-corrected chi connectivity index (χ1v) is 7.89. The van der Waals surface area contributed by atoms with Gasteiger partial charge >= 0.3 is 5.97 Å². The average Bonchev–Trinajstić information content (AvgIpc) is 2.37. The van der Waals surface area contributed by atoms with Gasteiger partial charge in [-0.2, -0.15) is 0 Å². The molecule has 1 aromatic carbocycles. The molecule has 0 saturated carbocycles. The summed E-state index contributed by atoms with van der Waals surface area (Å²) in [7, 11) is -1.06. The normalized spacial score (nSPS) is 14.2. The van der Waals surface area contributed by atoms with Crippen molar-refractivity contribution in [1.29, 1.82) is 0 Å². The third-order valence-corrected chi connectivity index (χ3v) is 3.88. The summed E-state index contributed by atoms with van der Waals surface area (Å²) in [5.74, 6) is 2.13. The molecule has 0 bridgehead atoms. The van der Waals surface area contributed by atoms with Crippen LogP contribution in [0, 0.1) is 17.8 Å². The van der Waals surface area contributed by atoms with Gasteiger partial charge in [0, 0.05) is 28.4 Å². The van der Waals surface area contributed by atoms with Crippen LogP contribution in [-0.2, 0) is 15.5 Å². The number of hydrogen-bond acceptors (Lipinski definition) is 3. The Balaban J connectivity index is 2.84. The van der Waals surface area contributed by atoms with Crippen LogP contribution in [0.3, 0.4) is 0 Å². The highest BCUT2D eigenvalue weighted by molar-refractivity contribution is 7.84. The first-order valence-electron chi connectivity index (χ1n) is 6.33. The Morgan fingerprint density at radius 1 is 1.35 bits per heavy atom. The van der Waals surface area contributed by atoms with Crippen molar-refractivity contribution in [2.45, 2.75) is 38.2 Å². The van der Waals surface area contributed by atoms with Crippen LogP contribution in [0.4, 0.5) is 0 Å². The minimum absolute atomic E-state index is 0.215. The molecule has 0 aliphatic rings. The van der Waals surface area contributed by atoms with Crippen molar-refractivity contribution in [3.8, 4) is 12.3 Å². The number of carbonyl (C=O) groups is 1. The van der Waals surface area contributed by atoms with E-state index in [0.717, 1.165) is 0 Å². The van der Waals surface area contributed by atoms with E-state index >= 15 is 0 Å². The van der Waals surface area contributed by atoms with Crippen LogP contribution in [0.15, 0.2) is 29.2 Å². The van der Waals surface area contributed by atoms with Crippen LogP contribution in [0.25, 0.3) is 0 Å². The van der Waals surface area contributed by atoms with Gasteiger partial charge in [-0.15, -0.1) is 12.3 Å². The summed E-state index contributed by atoms with van der Waals surface area (Å²) in [5.41, 5.74) is 0.220. The van der Waals surface area contributed by atoms with Gasteiger partial charge in [-0.05, 0) is 29.7 Å². The van der Waals surface area contributed by atoms with Gasteiger partial charge in [0.1, 0.15) is 6.10 Å². The largest absolute Gasteiger partial charge is 0.457 e. The van der Waals surface area contributed by atoms with Crippen molar-refractivity contribution in [1.82, 2.24) is 0 Å². The molecule has 0 aromatic heterocycles. The Hall–Kier alpha value is -1.60. The SMILES string of the molecule is C#CC[C@@H](OC(=O)c1ccc([S@@](C)=O)cc1)C(C)(C)C. The Morgan fingerprint density at radius 2 is 1.90 bits per heavy atom. The van der Waals surface area contributed by atoms with Crippen LogP contribution in [-0.4, -0.2) is 22.5 Å². The number of benzene rings is 1. The zero-order chi connectivity index (χ0) is 15.3. The van der Waals surface area contributed by atoms with Crippen LogP contribution >= 0.6 is 0 Å². The lowest BCUT2D eigenvalue weighted by molar-refractivity contribution is -0.000548. The summed E-state index contributed by atoms with van der Waals surface area (Å²) in [4.78, 5) is 12.8. The standard InChI is InChI=1S/C16H20O3S/c1-6-7-14(16(2,3)4)19-15(17)12-8-10-13(11-9-12)20(5)18/h1,8-11,14H,7H2,2-5H3/t14-,20-/m1/s1. The van der Waals surface area contributed by atoms with E-state index in [2.05, 4.69) is 5.92 Å². The van der Waals surface area contributed by atoms with E-state index in [4.69, 9.17) is 11.2 Å². The maximum absolute atomic E-state index is 12.1. The Kier molecular flexibility index (Phi) is 5.52. The Morgan fingerprint density at radius 3 is 2.30 bits per heavy atom. The van der Waals surface area contributed by atoms with E-state index in [-0.39, 0.29) is 11.5 Å². The zero-order valence-electron chi connectivity index (χ0n) is 12.3. The molecule has 0 amide bonds. The number of hydrogen-bond donors (Lipinski definition) is 0. The molecule has 1 aromatic rings. The van der Waals surface area contributed by atoms with Crippen molar-refractivity contribution in [2.75, 3.05) is 6.26 Å². The maximum Gasteiger partial charge on any atom is 0.338 e. The summed E-state index contributed by atoms with van der Waals surface area (Å²) in [6.07, 6.45) is 6.96. The maximum atomic E-state index is 12.1. The fraction of sp³-hybridized carbons (Fsp3) is 0.438. The molecule has 108 valence electrons. The summed E-state index contributed by atoms with van der Waals surface area (Å²) >= 11 is 0. The van der Waals surface area contributed by atoms with Gasteiger partial charge in [0.05, 0.1) is 5.56 Å². The molecule has 2 atom stereocenters. The van der Waals surface area contributed by atoms with Crippen molar-refractivity contribution >= 4 is 16.8 Å². The molecular weight excluding hydrogens is 272 g/mol. The molecule has 4 heteroatoms. The van der Waals surface area contributed by atoms with Gasteiger partial charge in [0.15, 0.2) is 0 Å². The number of rotatable bonds is 4. The highest BCUT2D eigenvalue weighted by atomic mass is 32.2. The molecule has 0 aliphatic heterocycles. The quantitative estimate of drug-likeness (QED) is 0.633. The third-order valence-electron chi connectivity index (χ3n) is 2.94. The second-order valence-corrected chi connectivity index (χ2v) is 7.03. The number of carbonyl (C=O) groups excluding carboxylic acids is 1. The molecule has 0 saturated heterocycles. The third kappa shape index (κ3) is 4.50. The van der Waals surface area contributed by atoms with Crippen molar-refractivity contribution < 1.29 is 13.7 Å². The monoisotopic (exact) mass is 292 g/mol. The molecule has 0 radical (unpaired) electrons. The average molecular weight is 292 g/mol. The molecule has 3 nitrogen and oxygen atoms in total. The number of esters is 1.